The Morgan fingerprint density at radius 2 is 1.76 bits per heavy atom. The molecular weight excluding hydrogens is 341 g/mol. The van der Waals surface area contributed by atoms with Crippen molar-refractivity contribution in [3.8, 4) is 0 Å². The molecule has 1 N–H and O–H groups in total. The third-order valence-electron chi connectivity index (χ3n) is 2.69. The van der Waals surface area contributed by atoms with Crippen molar-refractivity contribution in [3.63, 3.8) is 0 Å². The first-order valence-electron chi connectivity index (χ1n) is 5.54. The Kier molecular flexibility index (Phi) is 5.22. The number of rotatable bonds is 4. The van der Waals surface area contributed by atoms with E-state index in [0.29, 0.717) is 6.92 Å². The molecule has 0 aromatic heterocycles. The first-order chi connectivity index (χ1) is 9.38. The zero-order valence-electron chi connectivity index (χ0n) is 10.8. The molecule has 1 aromatic rings. The molecule has 0 spiro atoms. The molecule has 0 unspecified atom stereocenters. The van der Waals surface area contributed by atoms with Crippen LogP contribution in [0, 0.1) is 6.92 Å². The van der Waals surface area contributed by atoms with Crippen molar-refractivity contribution in [1.82, 2.24) is 4.72 Å². The summed E-state index contributed by atoms with van der Waals surface area (Å²) in [5, 5.41) is -0.785. The third kappa shape index (κ3) is 4.04. The van der Waals surface area contributed by atoms with Gasteiger partial charge in [0.25, 0.3) is 6.43 Å². The van der Waals surface area contributed by atoms with E-state index < -0.39 is 44.1 Å². The van der Waals surface area contributed by atoms with Crippen molar-refractivity contribution in [3.05, 3.63) is 28.3 Å². The number of nitrogens with one attached hydrogen (secondary N) is 1. The molecule has 0 aliphatic heterocycles. The van der Waals surface area contributed by atoms with Crippen molar-refractivity contribution >= 4 is 21.6 Å². The van der Waals surface area contributed by atoms with Crippen LogP contribution in [-0.4, -0.2) is 20.6 Å². The molecule has 0 fully saturated rings. The highest BCUT2D eigenvalue weighted by Gasteiger charge is 2.39. The fraction of sp³-hybridized carbons (Fsp3) is 0.455. The van der Waals surface area contributed by atoms with Crippen molar-refractivity contribution < 1.29 is 30.4 Å². The second-order valence-corrected chi connectivity index (χ2v) is 6.35. The van der Waals surface area contributed by atoms with Crippen molar-refractivity contribution in [2.75, 3.05) is 0 Å². The number of alkyl halides is 5. The highest BCUT2D eigenvalue weighted by molar-refractivity contribution is 7.89. The maximum absolute atomic E-state index is 12.8. The molecular formula is C11H11ClF5NO2S. The van der Waals surface area contributed by atoms with E-state index in [1.165, 1.54) is 11.6 Å². The van der Waals surface area contributed by atoms with Crippen LogP contribution in [0.4, 0.5) is 22.0 Å². The number of benzene rings is 1. The van der Waals surface area contributed by atoms with Crippen LogP contribution < -0.4 is 4.72 Å². The zero-order chi connectivity index (χ0) is 16.6. The smallest absolute Gasteiger partial charge is 0.207 e. The lowest BCUT2D eigenvalue weighted by molar-refractivity contribution is -0.147. The number of hydrogen-bond acceptors (Lipinski definition) is 2. The number of halogens is 6. The summed E-state index contributed by atoms with van der Waals surface area (Å²) in [6, 6.07) is -0.440. The summed E-state index contributed by atoms with van der Waals surface area (Å²) < 4.78 is 87.9. The lowest BCUT2D eigenvalue weighted by atomic mass is 10.1. The predicted molar refractivity (Wildman–Crippen MR) is 67.0 cm³/mol. The van der Waals surface area contributed by atoms with E-state index in [4.69, 9.17) is 11.6 Å². The molecule has 1 rings (SSSR count). The van der Waals surface area contributed by atoms with Gasteiger partial charge in [0, 0.05) is 5.56 Å². The zero-order valence-corrected chi connectivity index (χ0v) is 12.4. The molecule has 21 heavy (non-hydrogen) atoms. The summed E-state index contributed by atoms with van der Waals surface area (Å²) in [5.41, 5.74) is -0.683. The fourth-order valence-corrected chi connectivity index (χ4v) is 3.43. The number of aryl methyl sites for hydroxylation is 1. The van der Waals surface area contributed by atoms with Gasteiger partial charge in [-0.15, -0.1) is 0 Å². The van der Waals surface area contributed by atoms with Crippen molar-refractivity contribution in [1.29, 1.82) is 0 Å². The van der Waals surface area contributed by atoms with Crippen LogP contribution in [0.3, 0.4) is 0 Å². The quantitative estimate of drug-likeness (QED) is 0.838. The van der Waals surface area contributed by atoms with Gasteiger partial charge in [0.2, 0.25) is 10.0 Å². The Bertz CT molecular complexity index is 630. The maximum atomic E-state index is 12.8. The minimum atomic E-state index is -4.81. The summed E-state index contributed by atoms with van der Waals surface area (Å²) in [4.78, 5) is -0.818. The van der Waals surface area contributed by atoms with E-state index in [0.717, 1.165) is 12.1 Å². The van der Waals surface area contributed by atoms with Crippen molar-refractivity contribution in [2.24, 2.45) is 0 Å². The van der Waals surface area contributed by atoms with Gasteiger partial charge in [-0.25, -0.2) is 17.2 Å². The lowest BCUT2D eigenvalue weighted by Gasteiger charge is -2.19. The molecule has 0 saturated heterocycles. The Morgan fingerprint density at radius 3 is 2.19 bits per heavy atom. The fourth-order valence-electron chi connectivity index (χ4n) is 1.51. The van der Waals surface area contributed by atoms with E-state index >= 15 is 0 Å². The highest BCUT2D eigenvalue weighted by atomic mass is 35.5. The molecule has 1 atom stereocenters. The van der Waals surface area contributed by atoms with Gasteiger partial charge in [-0.1, -0.05) is 17.7 Å². The average molecular weight is 352 g/mol. The minimum Gasteiger partial charge on any atom is -0.207 e. The summed E-state index contributed by atoms with van der Waals surface area (Å²) in [7, 11) is -4.68. The van der Waals surface area contributed by atoms with Gasteiger partial charge >= 0.3 is 6.18 Å². The summed E-state index contributed by atoms with van der Waals surface area (Å²) in [5.74, 6) is 0. The molecule has 120 valence electrons. The molecule has 3 nitrogen and oxygen atoms in total. The Morgan fingerprint density at radius 1 is 1.24 bits per heavy atom. The van der Waals surface area contributed by atoms with Gasteiger partial charge in [0.15, 0.2) is 0 Å². The molecule has 0 amide bonds. The second kappa shape index (κ2) is 6.05. The van der Waals surface area contributed by atoms with E-state index in [-0.39, 0.29) is 5.56 Å². The average Bonchev–Trinajstić information content (AvgIpc) is 2.25. The molecule has 10 heteroatoms. The molecule has 0 heterocycles. The van der Waals surface area contributed by atoms with E-state index in [1.807, 2.05) is 0 Å². The Labute approximate surface area is 123 Å². The van der Waals surface area contributed by atoms with Gasteiger partial charge in [0.1, 0.15) is 10.9 Å². The molecule has 0 aliphatic rings. The van der Waals surface area contributed by atoms with Gasteiger partial charge < -0.3 is 0 Å². The SMILES string of the molecule is Cc1ccc(S(=O)(=O)N[C@@H](C)C(F)(F)F)c(Cl)c1C(F)F. The second-order valence-electron chi connectivity index (χ2n) is 4.29. The predicted octanol–water partition coefficient (Wildman–Crippen LogP) is 3.82. The lowest BCUT2D eigenvalue weighted by Crippen LogP contribution is -2.43. The molecule has 0 saturated carbocycles. The molecule has 0 aliphatic carbocycles. The summed E-state index contributed by atoms with van der Waals surface area (Å²) >= 11 is 5.61. The van der Waals surface area contributed by atoms with E-state index in [1.54, 1.807) is 0 Å². The monoisotopic (exact) mass is 351 g/mol. The maximum Gasteiger partial charge on any atom is 0.404 e. The number of hydrogen-bond donors (Lipinski definition) is 1. The Hall–Kier alpha value is -0.930. The van der Waals surface area contributed by atoms with Crippen LogP contribution in [0.5, 0.6) is 0 Å². The largest absolute Gasteiger partial charge is 0.404 e. The van der Waals surface area contributed by atoms with Gasteiger partial charge in [-0.05, 0) is 25.5 Å². The van der Waals surface area contributed by atoms with Gasteiger partial charge in [-0.2, -0.15) is 17.9 Å². The van der Waals surface area contributed by atoms with Crippen LogP contribution in [0.25, 0.3) is 0 Å². The van der Waals surface area contributed by atoms with Crippen LogP contribution in [0.15, 0.2) is 17.0 Å². The van der Waals surface area contributed by atoms with E-state index in [9.17, 15) is 30.4 Å². The topological polar surface area (TPSA) is 46.2 Å². The normalized spacial score (nSPS) is 14.5. The van der Waals surface area contributed by atoms with Gasteiger partial charge in [-0.3, -0.25) is 0 Å². The summed E-state index contributed by atoms with van der Waals surface area (Å²) in [6.07, 6.45) is -7.86. The first kappa shape index (κ1) is 18.1. The van der Waals surface area contributed by atoms with Crippen molar-refractivity contribution in [2.45, 2.75) is 37.4 Å². The first-order valence-corrected chi connectivity index (χ1v) is 7.40. The van der Waals surface area contributed by atoms with E-state index in [2.05, 4.69) is 0 Å². The summed E-state index contributed by atoms with van der Waals surface area (Å²) in [6.45, 7) is 1.88. The van der Waals surface area contributed by atoms with Crippen LogP contribution in [0.2, 0.25) is 5.02 Å². The van der Waals surface area contributed by atoms with Crippen LogP contribution in [-0.2, 0) is 10.0 Å². The molecule has 0 radical (unpaired) electrons. The third-order valence-corrected chi connectivity index (χ3v) is 4.80. The highest BCUT2D eigenvalue weighted by Crippen LogP contribution is 2.35. The number of sulfonamides is 1. The minimum absolute atomic E-state index is 0.0396. The standard InChI is InChI=1S/C11H11ClF5NO2S/c1-5-3-4-7(9(12)8(5)10(13)14)21(19,20)18-6(2)11(15,16)17/h3-4,6,10,18H,1-2H3/t6-/m0/s1. The Balaban J connectivity index is 3.31. The molecule has 0 bridgehead atoms. The van der Waals surface area contributed by atoms with Crippen LogP contribution in [0.1, 0.15) is 24.5 Å². The van der Waals surface area contributed by atoms with Crippen LogP contribution >= 0.6 is 11.6 Å². The van der Waals surface area contributed by atoms with Gasteiger partial charge in [0.05, 0.1) is 5.02 Å². The molecule has 1 aromatic carbocycles.